The van der Waals surface area contributed by atoms with Crippen molar-refractivity contribution < 1.29 is 19.1 Å². The average Bonchev–Trinajstić information content (AvgIpc) is 3.30. The van der Waals surface area contributed by atoms with Gasteiger partial charge < -0.3 is 24.6 Å². The number of hydrogen-bond donors (Lipinski definition) is 1. The number of ether oxygens (including phenoxy) is 2. The Morgan fingerprint density at radius 2 is 2.10 bits per heavy atom. The zero-order valence-corrected chi connectivity index (χ0v) is 19.0. The highest BCUT2D eigenvalue weighted by atomic mass is 16.6. The Balaban J connectivity index is 1.39. The molecule has 3 aliphatic rings. The van der Waals surface area contributed by atoms with Gasteiger partial charge in [-0.3, -0.25) is 4.79 Å². The van der Waals surface area contributed by atoms with E-state index in [0.717, 1.165) is 51.1 Å². The molecule has 1 aromatic carbocycles. The second kappa shape index (κ2) is 8.69. The molecule has 0 aliphatic carbocycles. The second-order valence-corrected chi connectivity index (χ2v) is 10.0. The zero-order valence-electron chi connectivity index (χ0n) is 19.0. The summed E-state index contributed by atoms with van der Waals surface area (Å²) in [7, 11) is 0. The number of nitrogens with zero attached hydrogens (tertiary/aromatic N) is 2. The minimum Gasteiger partial charge on any atom is -0.485 e. The van der Waals surface area contributed by atoms with E-state index in [2.05, 4.69) is 11.4 Å². The maximum atomic E-state index is 12.6. The topological polar surface area (TPSA) is 71.1 Å². The second-order valence-electron chi connectivity index (χ2n) is 10.0. The molecule has 0 unspecified atom stereocenters. The summed E-state index contributed by atoms with van der Waals surface area (Å²) in [6.45, 7) is 9.39. The Morgan fingerprint density at radius 3 is 2.84 bits per heavy atom. The first-order valence-corrected chi connectivity index (χ1v) is 11.5. The van der Waals surface area contributed by atoms with E-state index in [9.17, 15) is 9.59 Å². The van der Waals surface area contributed by atoms with E-state index < -0.39 is 11.2 Å². The molecule has 1 N–H and O–H groups in total. The molecule has 0 bridgehead atoms. The summed E-state index contributed by atoms with van der Waals surface area (Å²) in [6, 6.07) is 8.33. The number of rotatable bonds is 5. The van der Waals surface area contributed by atoms with Crippen LogP contribution in [0.25, 0.3) is 0 Å². The molecule has 2 amide bonds. The van der Waals surface area contributed by atoms with Crippen molar-refractivity contribution in [1.82, 2.24) is 15.1 Å². The van der Waals surface area contributed by atoms with Crippen molar-refractivity contribution in [2.45, 2.75) is 70.1 Å². The molecule has 4 rings (SSSR count). The van der Waals surface area contributed by atoms with E-state index in [-0.39, 0.29) is 18.0 Å². The number of para-hydroxylation sites is 1. The number of carbonyl (C=O) groups is 2. The van der Waals surface area contributed by atoms with Gasteiger partial charge in [-0.1, -0.05) is 18.2 Å². The SMILES string of the molecule is CC(C)(C)OC(=O)N1CC[C@@]2(C[C@@H](NCCCN3CCCC3=O)c3ccccc3O2)C1. The minimum absolute atomic E-state index is 0.165. The summed E-state index contributed by atoms with van der Waals surface area (Å²) in [4.78, 5) is 28.1. The van der Waals surface area contributed by atoms with Crippen LogP contribution in [0.4, 0.5) is 4.79 Å². The predicted octanol–water partition coefficient (Wildman–Crippen LogP) is 3.49. The van der Waals surface area contributed by atoms with Crippen molar-refractivity contribution in [2.75, 3.05) is 32.7 Å². The number of fused-ring (bicyclic) bond motifs is 1. The predicted molar refractivity (Wildman–Crippen MR) is 118 cm³/mol. The number of hydrogen-bond acceptors (Lipinski definition) is 5. The summed E-state index contributed by atoms with van der Waals surface area (Å²) >= 11 is 0. The fraction of sp³-hybridized carbons (Fsp3) is 0.667. The molecule has 2 atom stereocenters. The Kier molecular flexibility index (Phi) is 6.15. The quantitative estimate of drug-likeness (QED) is 0.726. The van der Waals surface area contributed by atoms with Crippen LogP contribution < -0.4 is 10.1 Å². The molecule has 7 heteroatoms. The normalized spacial score (nSPS) is 25.6. The molecular weight excluding hydrogens is 394 g/mol. The van der Waals surface area contributed by atoms with Gasteiger partial charge in [-0.15, -0.1) is 0 Å². The first kappa shape index (κ1) is 21.9. The summed E-state index contributed by atoms with van der Waals surface area (Å²) in [5.74, 6) is 1.18. The monoisotopic (exact) mass is 429 g/mol. The van der Waals surface area contributed by atoms with Gasteiger partial charge in [0.15, 0.2) is 0 Å². The molecule has 2 saturated heterocycles. The molecule has 3 heterocycles. The summed E-state index contributed by atoms with van der Waals surface area (Å²) < 4.78 is 12.1. The van der Waals surface area contributed by atoms with Gasteiger partial charge >= 0.3 is 6.09 Å². The van der Waals surface area contributed by atoms with E-state index in [1.165, 1.54) is 5.56 Å². The van der Waals surface area contributed by atoms with Crippen LogP contribution in [0.5, 0.6) is 5.75 Å². The van der Waals surface area contributed by atoms with Gasteiger partial charge in [-0.05, 0) is 46.2 Å². The van der Waals surface area contributed by atoms with Crippen LogP contribution >= 0.6 is 0 Å². The maximum absolute atomic E-state index is 12.6. The largest absolute Gasteiger partial charge is 0.485 e. The lowest BCUT2D eigenvalue weighted by Gasteiger charge is -2.40. The molecule has 2 fully saturated rings. The highest BCUT2D eigenvalue weighted by Gasteiger charge is 2.47. The fourth-order valence-corrected chi connectivity index (χ4v) is 4.86. The van der Waals surface area contributed by atoms with Crippen molar-refractivity contribution in [1.29, 1.82) is 0 Å². The first-order valence-electron chi connectivity index (χ1n) is 11.5. The first-order chi connectivity index (χ1) is 14.7. The third-order valence-corrected chi connectivity index (χ3v) is 6.33. The smallest absolute Gasteiger partial charge is 0.410 e. The van der Waals surface area contributed by atoms with Crippen LogP contribution in [0, 0.1) is 0 Å². The van der Waals surface area contributed by atoms with Crippen molar-refractivity contribution in [2.24, 2.45) is 0 Å². The molecule has 31 heavy (non-hydrogen) atoms. The third kappa shape index (κ3) is 5.14. The van der Waals surface area contributed by atoms with Gasteiger partial charge in [0, 0.05) is 50.5 Å². The van der Waals surface area contributed by atoms with Crippen LogP contribution in [0.2, 0.25) is 0 Å². The van der Waals surface area contributed by atoms with E-state index in [0.29, 0.717) is 19.5 Å². The third-order valence-electron chi connectivity index (χ3n) is 6.33. The number of carbonyl (C=O) groups excluding carboxylic acids is 2. The molecule has 1 spiro atoms. The average molecular weight is 430 g/mol. The lowest BCUT2D eigenvalue weighted by atomic mass is 9.86. The molecule has 0 saturated carbocycles. The number of amides is 2. The van der Waals surface area contributed by atoms with E-state index in [1.54, 1.807) is 4.90 Å². The Bertz CT molecular complexity index is 821. The van der Waals surface area contributed by atoms with Gasteiger partial charge in [-0.2, -0.15) is 0 Å². The molecule has 7 nitrogen and oxygen atoms in total. The Morgan fingerprint density at radius 1 is 1.29 bits per heavy atom. The van der Waals surface area contributed by atoms with Crippen LogP contribution in [0.1, 0.15) is 64.5 Å². The highest BCUT2D eigenvalue weighted by molar-refractivity contribution is 5.78. The molecule has 170 valence electrons. The van der Waals surface area contributed by atoms with Crippen molar-refractivity contribution in [3.05, 3.63) is 29.8 Å². The fourth-order valence-electron chi connectivity index (χ4n) is 4.86. The van der Waals surface area contributed by atoms with Gasteiger partial charge in [0.1, 0.15) is 17.0 Å². The standard InChI is InChI=1S/C24H35N3O4/c1-23(2,3)31-22(29)27-15-11-24(17-27)16-19(18-8-4-5-9-20(18)30-24)25-12-7-14-26-13-6-10-21(26)28/h4-5,8-9,19,25H,6-7,10-17H2,1-3H3/t19-,24-/m1/s1. The van der Waals surface area contributed by atoms with E-state index in [4.69, 9.17) is 9.47 Å². The molecule has 0 radical (unpaired) electrons. The molecule has 3 aliphatic heterocycles. The summed E-state index contributed by atoms with van der Waals surface area (Å²) in [5.41, 5.74) is 0.266. The van der Waals surface area contributed by atoms with Crippen LogP contribution in [0.15, 0.2) is 24.3 Å². The van der Waals surface area contributed by atoms with Crippen molar-refractivity contribution in [3.8, 4) is 5.75 Å². The van der Waals surface area contributed by atoms with Gasteiger partial charge in [0.25, 0.3) is 0 Å². The van der Waals surface area contributed by atoms with E-state index in [1.807, 2.05) is 43.9 Å². The number of likely N-dealkylation sites (tertiary alicyclic amines) is 2. The number of nitrogens with one attached hydrogen (secondary N) is 1. The van der Waals surface area contributed by atoms with Gasteiger partial charge in [0.05, 0.1) is 6.54 Å². The van der Waals surface area contributed by atoms with Crippen molar-refractivity contribution in [3.63, 3.8) is 0 Å². The van der Waals surface area contributed by atoms with Crippen LogP contribution in [0.3, 0.4) is 0 Å². The zero-order chi connectivity index (χ0) is 22.1. The summed E-state index contributed by atoms with van der Waals surface area (Å²) in [5, 5.41) is 3.70. The molecular formula is C24H35N3O4. The van der Waals surface area contributed by atoms with E-state index >= 15 is 0 Å². The molecule has 1 aromatic rings. The van der Waals surface area contributed by atoms with Crippen LogP contribution in [-0.4, -0.2) is 65.7 Å². The Labute approximate surface area is 185 Å². The minimum atomic E-state index is -0.506. The summed E-state index contributed by atoms with van der Waals surface area (Å²) in [6.07, 6.45) is 3.94. The highest BCUT2D eigenvalue weighted by Crippen LogP contribution is 2.43. The lowest BCUT2D eigenvalue weighted by molar-refractivity contribution is -0.127. The molecule has 0 aromatic heterocycles. The van der Waals surface area contributed by atoms with Crippen molar-refractivity contribution >= 4 is 12.0 Å². The lowest BCUT2D eigenvalue weighted by Crippen LogP contribution is -2.47. The van der Waals surface area contributed by atoms with Gasteiger partial charge in [0.2, 0.25) is 5.91 Å². The van der Waals surface area contributed by atoms with Gasteiger partial charge in [-0.25, -0.2) is 4.79 Å². The van der Waals surface area contributed by atoms with Crippen LogP contribution in [-0.2, 0) is 9.53 Å². The maximum Gasteiger partial charge on any atom is 0.410 e. The number of benzene rings is 1. The Hall–Kier alpha value is -2.28.